The Morgan fingerprint density at radius 3 is 0.922 bits per heavy atom. The van der Waals surface area contributed by atoms with Crippen molar-refractivity contribution in [2.24, 2.45) is 0 Å². The second-order valence-electron chi connectivity index (χ2n) is 14.9. The van der Waals surface area contributed by atoms with Crippen LogP contribution in [0.15, 0.2) is 105 Å². The molecule has 4 aromatic carbocycles. The van der Waals surface area contributed by atoms with Crippen molar-refractivity contribution in [3.63, 3.8) is 0 Å². The van der Waals surface area contributed by atoms with Gasteiger partial charge in [0.05, 0.1) is 0 Å². The van der Waals surface area contributed by atoms with Crippen molar-refractivity contribution in [2.45, 2.75) is 149 Å². The summed E-state index contributed by atoms with van der Waals surface area (Å²) in [5, 5.41) is 0. The van der Waals surface area contributed by atoms with E-state index in [0.717, 1.165) is 63.5 Å². The molecule has 0 saturated carbocycles. The standard InChI is InChI=1S/2C22H30O7S2.2Na.2H/c2*1-2-3-4-5-6-7-8-9-13-18-14-12-17-21(31(26,27)28)22(18)29-19-15-10-11-16-20(19)30(23,24)25;;;;/h2*10-12,14-17H,2-9,13H2,1H3,(H,23,24,25)(H,26,27,28);;;;. The topological polar surface area (TPSA) is 236 Å². The summed E-state index contributed by atoms with van der Waals surface area (Å²) >= 11 is 0. The Kier molecular flexibility index (Phi) is 28.0. The summed E-state index contributed by atoms with van der Waals surface area (Å²) < 4.78 is 144. The van der Waals surface area contributed by atoms with Crippen LogP contribution in [0.5, 0.6) is 23.0 Å². The molecule has 64 heavy (non-hydrogen) atoms. The number of rotatable bonds is 26. The monoisotopic (exact) mass is 988 g/mol. The molecule has 0 spiro atoms. The van der Waals surface area contributed by atoms with E-state index < -0.39 is 60.1 Å². The summed E-state index contributed by atoms with van der Waals surface area (Å²) in [5.41, 5.74) is 1.07. The maximum absolute atomic E-state index is 11.9. The number of aryl methyl sites for hydroxylation is 2. The van der Waals surface area contributed by atoms with Crippen molar-refractivity contribution in [2.75, 3.05) is 0 Å². The molecular formula is C44H62Na2O14S4. The normalized spacial score (nSPS) is 11.7. The number of para-hydroxylation sites is 4. The molecule has 4 rings (SSSR count). The van der Waals surface area contributed by atoms with Crippen molar-refractivity contribution in [1.82, 2.24) is 0 Å². The van der Waals surface area contributed by atoms with Crippen LogP contribution in [0.1, 0.15) is 128 Å². The fraction of sp³-hybridized carbons (Fsp3) is 0.455. The van der Waals surface area contributed by atoms with Crippen LogP contribution in [0.25, 0.3) is 0 Å². The van der Waals surface area contributed by atoms with Crippen LogP contribution in [0.3, 0.4) is 0 Å². The average Bonchev–Trinajstić information content (AvgIpc) is 3.20. The Morgan fingerprint density at radius 2 is 0.625 bits per heavy atom. The van der Waals surface area contributed by atoms with Crippen LogP contribution >= 0.6 is 0 Å². The minimum absolute atomic E-state index is 0. The summed E-state index contributed by atoms with van der Waals surface area (Å²) in [6.45, 7) is 4.35. The molecule has 14 nitrogen and oxygen atoms in total. The van der Waals surface area contributed by atoms with E-state index in [0.29, 0.717) is 24.0 Å². The Morgan fingerprint density at radius 1 is 0.359 bits per heavy atom. The van der Waals surface area contributed by atoms with E-state index in [-0.39, 0.29) is 82.1 Å². The van der Waals surface area contributed by atoms with Crippen LogP contribution in [-0.2, 0) is 53.3 Å². The van der Waals surface area contributed by atoms with Gasteiger partial charge in [0, 0.05) is 0 Å². The van der Waals surface area contributed by atoms with E-state index in [1.807, 2.05) is 0 Å². The van der Waals surface area contributed by atoms with Gasteiger partial charge in [0.1, 0.15) is 31.1 Å². The second kappa shape index (κ2) is 29.8. The van der Waals surface area contributed by atoms with E-state index in [9.17, 15) is 51.9 Å². The third kappa shape index (κ3) is 21.0. The second-order valence-corrected chi connectivity index (χ2v) is 20.5. The first-order valence-corrected chi connectivity index (χ1v) is 26.7. The van der Waals surface area contributed by atoms with Gasteiger partial charge in [-0.25, -0.2) is 0 Å². The fourth-order valence-electron chi connectivity index (χ4n) is 6.77. The van der Waals surface area contributed by atoms with Gasteiger partial charge in [0.15, 0.2) is 11.5 Å². The van der Waals surface area contributed by atoms with Crippen LogP contribution in [0.2, 0.25) is 0 Å². The number of benzene rings is 4. The van der Waals surface area contributed by atoms with Gasteiger partial charge >= 0.3 is 59.1 Å². The molecule has 0 amide bonds. The fourth-order valence-corrected chi connectivity index (χ4v) is 9.31. The van der Waals surface area contributed by atoms with Gasteiger partial charge in [-0.3, -0.25) is 18.2 Å². The summed E-state index contributed by atoms with van der Waals surface area (Å²) in [7, 11) is -18.4. The van der Waals surface area contributed by atoms with Crippen molar-refractivity contribution in [1.29, 1.82) is 0 Å². The van der Waals surface area contributed by atoms with Gasteiger partial charge in [0.25, 0.3) is 40.5 Å². The zero-order valence-electron chi connectivity index (χ0n) is 35.3. The molecule has 4 aromatic rings. The number of hydrogen-bond donors (Lipinski definition) is 4. The van der Waals surface area contributed by atoms with E-state index in [1.165, 1.54) is 112 Å². The predicted molar refractivity (Wildman–Crippen MR) is 252 cm³/mol. The first-order chi connectivity index (χ1) is 29.3. The number of ether oxygens (including phenoxy) is 2. The molecular weight excluding hydrogens is 927 g/mol. The van der Waals surface area contributed by atoms with Crippen molar-refractivity contribution >= 4 is 99.6 Å². The molecule has 0 heterocycles. The molecule has 0 saturated heterocycles. The molecule has 0 bridgehead atoms. The van der Waals surface area contributed by atoms with E-state index in [4.69, 9.17) is 9.47 Å². The average molecular weight is 989 g/mol. The number of unbranched alkanes of at least 4 members (excludes halogenated alkanes) is 14. The summed E-state index contributed by atoms with van der Waals surface area (Å²) in [6, 6.07) is 19.5. The van der Waals surface area contributed by atoms with E-state index in [2.05, 4.69) is 13.8 Å². The summed E-state index contributed by atoms with van der Waals surface area (Å²) in [4.78, 5) is -1.87. The third-order valence-electron chi connectivity index (χ3n) is 9.95. The molecule has 0 atom stereocenters. The molecule has 20 heteroatoms. The van der Waals surface area contributed by atoms with Crippen molar-refractivity contribution < 1.29 is 61.4 Å². The van der Waals surface area contributed by atoms with Crippen LogP contribution in [-0.4, -0.2) is 111 Å². The van der Waals surface area contributed by atoms with Crippen molar-refractivity contribution in [3.8, 4) is 23.0 Å². The number of hydrogen-bond acceptors (Lipinski definition) is 10. The van der Waals surface area contributed by atoms with Crippen LogP contribution in [0.4, 0.5) is 0 Å². The Bertz CT molecular complexity index is 2310. The zero-order chi connectivity index (χ0) is 45.8. The molecule has 0 unspecified atom stereocenters. The van der Waals surface area contributed by atoms with Crippen LogP contribution < -0.4 is 9.47 Å². The summed E-state index contributed by atoms with van der Waals surface area (Å²) in [5.74, 6) is -0.718. The molecule has 4 N–H and O–H groups in total. The van der Waals surface area contributed by atoms with Crippen LogP contribution in [0, 0.1) is 0 Å². The quantitative estimate of drug-likeness (QED) is 0.0260. The van der Waals surface area contributed by atoms with E-state index in [1.54, 1.807) is 12.1 Å². The first kappa shape index (κ1) is 60.1. The third-order valence-corrected chi connectivity index (χ3v) is 13.5. The Hall–Kier alpha value is -1.88. The Balaban J connectivity index is 0.000000621. The predicted octanol–water partition coefficient (Wildman–Crippen LogP) is 10.0. The van der Waals surface area contributed by atoms with Gasteiger partial charge in [-0.05, 0) is 73.2 Å². The van der Waals surface area contributed by atoms with E-state index >= 15 is 0 Å². The van der Waals surface area contributed by atoms with Gasteiger partial charge in [-0.1, -0.05) is 152 Å². The molecule has 0 aliphatic rings. The first-order valence-electron chi connectivity index (χ1n) is 21.0. The minimum atomic E-state index is -4.61. The Labute approximate surface area is 424 Å². The van der Waals surface area contributed by atoms with Gasteiger partial charge < -0.3 is 9.47 Å². The molecule has 0 fully saturated rings. The molecule has 0 aromatic heterocycles. The van der Waals surface area contributed by atoms with Gasteiger partial charge in [-0.15, -0.1) is 0 Å². The molecule has 0 aliphatic heterocycles. The van der Waals surface area contributed by atoms with Gasteiger partial charge in [-0.2, -0.15) is 33.7 Å². The summed E-state index contributed by atoms with van der Waals surface area (Å²) in [6.07, 6.45) is 18.7. The SMILES string of the molecule is CCCCCCCCCCc1cccc(S(=O)(=O)O)c1Oc1ccccc1S(=O)(=O)O.CCCCCCCCCCc1cccc(S(=O)(=O)O)c1Oc1ccccc1S(=O)(=O)O.[NaH].[NaH]. The molecule has 0 radical (unpaired) electrons. The maximum atomic E-state index is 11.9. The zero-order valence-corrected chi connectivity index (χ0v) is 38.6. The molecule has 348 valence electrons. The molecule has 0 aliphatic carbocycles. The van der Waals surface area contributed by atoms with Crippen molar-refractivity contribution in [3.05, 3.63) is 96.1 Å². The van der Waals surface area contributed by atoms with Gasteiger partial charge in [0.2, 0.25) is 0 Å².